The van der Waals surface area contributed by atoms with Crippen molar-refractivity contribution in [3.05, 3.63) is 34.9 Å². The molecule has 4 rings (SSSR count). The Kier molecular flexibility index (Phi) is 9.70. The monoisotopic (exact) mass is 582 g/mol. The summed E-state index contributed by atoms with van der Waals surface area (Å²) in [5.74, 6) is -1.10. The molecule has 0 amide bonds. The second-order valence-corrected chi connectivity index (χ2v) is 10.1. The molecule has 1 saturated heterocycles. The Labute approximate surface area is 237 Å². The van der Waals surface area contributed by atoms with Gasteiger partial charge in [-0.3, -0.25) is 0 Å². The molecular weight excluding hydrogens is 544 g/mol. The van der Waals surface area contributed by atoms with Crippen molar-refractivity contribution in [3.8, 4) is 34.5 Å². The zero-order valence-corrected chi connectivity index (χ0v) is 23.3. The summed E-state index contributed by atoms with van der Waals surface area (Å²) in [5, 5.41) is 72.1. The topological polar surface area (TPSA) is 197 Å². The third kappa shape index (κ3) is 5.46. The number of hydrogen-bond acceptors (Lipinski definition) is 13. The zero-order chi connectivity index (χ0) is 30.0. The molecule has 0 saturated carbocycles. The molecule has 2 aromatic rings. The van der Waals surface area contributed by atoms with Crippen molar-refractivity contribution in [1.29, 1.82) is 0 Å². The van der Waals surface area contributed by atoms with Crippen molar-refractivity contribution in [2.24, 2.45) is 11.8 Å². The van der Waals surface area contributed by atoms with E-state index in [1.54, 1.807) is 18.2 Å². The molecule has 2 aliphatic rings. The van der Waals surface area contributed by atoms with Crippen LogP contribution in [-0.2, 0) is 11.2 Å². The number of phenolic OH excluding ortho intramolecular Hbond substituents is 1. The highest BCUT2D eigenvalue weighted by molar-refractivity contribution is 5.64. The predicted octanol–water partition coefficient (Wildman–Crippen LogP) is -0.490. The molecule has 228 valence electrons. The Hall–Kier alpha value is -3.04. The van der Waals surface area contributed by atoms with Crippen LogP contribution in [0.15, 0.2) is 18.2 Å². The van der Waals surface area contributed by atoms with E-state index in [4.69, 9.17) is 28.4 Å². The molecule has 13 heteroatoms. The number of hydrogen-bond donors (Lipinski definition) is 7. The second kappa shape index (κ2) is 12.9. The Balaban J connectivity index is 1.93. The molecule has 2 aromatic carbocycles. The molecule has 0 radical (unpaired) electrons. The second-order valence-electron chi connectivity index (χ2n) is 10.1. The molecule has 1 fully saturated rings. The van der Waals surface area contributed by atoms with E-state index >= 15 is 0 Å². The van der Waals surface area contributed by atoms with Crippen LogP contribution in [0.3, 0.4) is 0 Å². The van der Waals surface area contributed by atoms with Crippen LogP contribution in [0, 0.1) is 11.8 Å². The van der Waals surface area contributed by atoms with Gasteiger partial charge in [0.15, 0.2) is 23.0 Å². The van der Waals surface area contributed by atoms with Gasteiger partial charge in [-0.05, 0) is 47.6 Å². The van der Waals surface area contributed by atoms with Crippen LogP contribution >= 0.6 is 0 Å². The van der Waals surface area contributed by atoms with Gasteiger partial charge in [-0.2, -0.15) is 0 Å². The van der Waals surface area contributed by atoms with E-state index in [9.17, 15) is 35.7 Å². The van der Waals surface area contributed by atoms with Crippen LogP contribution in [0.1, 0.15) is 22.6 Å². The van der Waals surface area contributed by atoms with Crippen molar-refractivity contribution in [2.75, 3.05) is 48.3 Å². The van der Waals surface area contributed by atoms with E-state index in [-0.39, 0.29) is 53.6 Å². The van der Waals surface area contributed by atoms with Crippen molar-refractivity contribution < 1.29 is 64.2 Å². The molecule has 0 spiro atoms. The standard InChI is InChI=1S/C28H38O13/c1-36-16-6-13(7-17(37-2)22(16)32)20-15(10-30)14(9-29)5-12-8-18(38-3)26(27(39-4)21(12)20)41-28-25(35)24(34)23(33)19(11-31)40-28/h6-8,14-15,19-20,23-25,28-35H,5,9-11H2,1-4H3/t14?,15?,19-,20?,23-,24+,25-,28+/m1/s1. The number of aromatic hydroxyl groups is 1. The highest BCUT2D eigenvalue weighted by atomic mass is 16.7. The van der Waals surface area contributed by atoms with Crippen molar-refractivity contribution in [3.63, 3.8) is 0 Å². The van der Waals surface area contributed by atoms with Crippen LogP contribution in [0.4, 0.5) is 0 Å². The van der Waals surface area contributed by atoms with Crippen molar-refractivity contribution >= 4 is 0 Å². The highest BCUT2D eigenvalue weighted by Gasteiger charge is 2.46. The zero-order valence-electron chi connectivity index (χ0n) is 23.3. The fourth-order valence-corrected chi connectivity index (χ4v) is 5.82. The van der Waals surface area contributed by atoms with Crippen molar-refractivity contribution in [1.82, 2.24) is 0 Å². The van der Waals surface area contributed by atoms with E-state index in [0.29, 0.717) is 17.5 Å². The minimum absolute atomic E-state index is 0.0000683. The summed E-state index contributed by atoms with van der Waals surface area (Å²) in [6.07, 6.45) is -7.32. The van der Waals surface area contributed by atoms with Crippen LogP contribution in [0.25, 0.3) is 0 Å². The molecule has 3 unspecified atom stereocenters. The maximum Gasteiger partial charge on any atom is 0.229 e. The number of fused-ring (bicyclic) bond motifs is 1. The Bertz CT molecular complexity index is 1180. The van der Waals surface area contributed by atoms with Gasteiger partial charge in [0.25, 0.3) is 0 Å². The molecule has 0 aromatic heterocycles. The Morgan fingerprint density at radius 3 is 1.90 bits per heavy atom. The largest absolute Gasteiger partial charge is 0.502 e. The van der Waals surface area contributed by atoms with Gasteiger partial charge in [0.05, 0.1) is 35.0 Å². The first-order chi connectivity index (χ1) is 19.7. The van der Waals surface area contributed by atoms with Crippen LogP contribution in [0.2, 0.25) is 0 Å². The smallest absolute Gasteiger partial charge is 0.229 e. The lowest BCUT2D eigenvalue weighted by molar-refractivity contribution is -0.277. The van der Waals surface area contributed by atoms with E-state index in [0.717, 1.165) is 5.56 Å². The molecule has 1 aliphatic carbocycles. The van der Waals surface area contributed by atoms with Gasteiger partial charge in [-0.1, -0.05) is 0 Å². The minimum atomic E-state index is -1.69. The van der Waals surface area contributed by atoms with Gasteiger partial charge in [-0.25, -0.2) is 0 Å². The highest BCUT2D eigenvalue weighted by Crippen LogP contribution is 2.55. The first kappa shape index (κ1) is 30.9. The summed E-state index contributed by atoms with van der Waals surface area (Å²) in [6.45, 7) is -1.17. The van der Waals surface area contributed by atoms with E-state index in [1.807, 2.05) is 0 Å². The number of rotatable bonds is 10. The third-order valence-electron chi connectivity index (χ3n) is 7.97. The summed E-state index contributed by atoms with van der Waals surface area (Å²) in [6, 6.07) is 4.91. The molecule has 0 bridgehead atoms. The van der Waals surface area contributed by atoms with Crippen LogP contribution in [0.5, 0.6) is 34.5 Å². The summed E-state index contributed by atoms with van der Waals surface area (Å²) in [5.41, 5.74) is 1.88. The number of aliphatic hydroxyl groups excluding tert-OH is 6. The summed E-state index contributed by atoms with van der Waals surface area (Å²) in [7, 11) is 5.59. The lowest BCUT2D eigenvalue weighted by atomic mass is 9.66. The molecule has 1 aliphatic heterocycles. The van der Waals surface area contributed by atoms with Gasteiger partial charge in [-0.15, -0.1) is 0 Å². The van der Waals surface area contributed by atoms with E-state index < -0.39 is 49.1 Å². The quantitative estimate of drug-likeness (QED) is 0.190. The number of phenols is 1. The Morgan fingerprint density at radius 1 is 0.756 bits per heavy atom. The molecule has 1 heterocycles. The lowest BCUT2D eigenvalue weighted by Crippen LogP contribution is -2.60. The first-order valence-corrected chi connectivity index (χ1v) is 13.1. The maximum absolute atomic E-state index is 10.6. The Morgan fingerprint density at radius 2 is 1.39 bits per heavy atom. The van der Waals surface area contributed by atoms with Crippen LogP contribution < -0.4 is 23.7 Å². The SMILES string of the molecule is COc1cc(C2c3c(cc(OC)c(O[C@@H]4O[C@H](CO)[C@@H](O)[C@H](O)[C@H]4O)c3OC)CC(CO)C2CO)cc(OC)c1O. The number of aliphatic hydroxyl groups is 6. The van der Waals surface area contributed by atoms with Crippen molar-refractivity contribution in [2.45, 2.75) is 43.0 Å². The lowest BCUT2D eigenvalue weighted by Gasteiger charge is -2.41. The van der Waals surface area contributed by atoms with Gasteiger partial charge >= 0.3 is 0 Å². The fraction of sp³-hybridized carbons (Fsp3) is 0.571. The minimum Gasteiger partial charge on any atom is -0.502 e. The maximum atomic E-state index is 10.6. The molecule has 41 heavy (non-hydrogen) atoms. The van der Waals surface area contributed by atoms with Crippen LogP contribution in [-0.4, -0.2) is 115 Å². The molecule has 7 N–H and O–H groups in total. The van der Waals surface area contributed by atoms with Gasteiger partial charge in [0, 0.05) is 24.7 Å². The first-order valence-electron chi connectivity index (χ1n) is 13.1. The third-order valence-corrected chi connectivity index (χ3v) is 7.97. The number of benzene rings is 2. The van der Waals surface area contributed by atoms with Gasteiger partial charge < -0.3 is 64.2 Å². The fourth-order valence-electron chi connectivity index (χ4n) is 5.82. The van der Waals surface area contributed by atoms with E-state index in [2.05, 4.69) is 0 Å². The van der Waals surface area contributed by atoms with E-state index in [1.165, 1.54) is 28.4 Å². The normalized spacial score (nSPS) is 29.4. The van der Waals surface area contributed by atoms with Gasteiger partial charge in [0.2, 0.25) is 17.8 Å². The molecule has 13 nitrogen and oxygen atoms in total. The summed E-state index contributed by atoms with van der Waals surface area (Å²) >= 11 is 0. The summed E-state index contributed by atoms with van der Waals surface area (Å²) < 4.78 is 33.8. The average Bonchev–Trinajstić information content (AvgIpc) is 2.99. The molecular formula is C28H38O13. The average molecular weight is 583 g/mol. The number of ether oxygens (including phenoxy) is 6. The molecule has 8 atom stereocenters. The number of methoxy groups -OCH3 is 4. The van der Waals surface area contributed by atoms with Gasteiger partial charge in [0.1, 0.15) is 24.4 Å². The predicted molar refractivity (Wildman–Crippen MR) is 142 cm³/mol. The summed E-state index contributed by atoms with van der Waals surface area (Å²) in [4.78, 5) is 0.